The first-order valence-corrected chi connectivity index (χ1v) is 9.92. The maximum absolute atomic E-state index is 13.0. The van der Waals surface area contributed by atoms with Crippen molar-refractivity contribution in [3.8, 4) is 0 Å². The van der Waals surface area contributed by atoms with E-state index in [0.29, 0.717) is 19.5 Å². The molecule has 1 heterocycles. The quantitative estimate of drug-likeness (QED) is 0.797. The molecule has 0 spiro atoms. The van der Waals surface area contributed by atoms with Gasteiger partial charge in [0.2, 0.25) is 10.0 Å². The molecule has 0 amide bonds. The lowest BCUT2D eigenvalue weighted by molar-refractivity contribution is 0.0784. The Labute approximate surface area is 139 Å². The lowest BCUT2D eigenvalue weighted by Gasteiger charge is -2.43. The van der Waals surface area contributed by atoms with E-state index in [0.717, 1.165) is 18.5 Å². The molecular formula is C17H27FN2O2S. The third-order valence-corrected chi connectivity index (χ3v) is 6.50. The number of rotatable bonds is 6. The first-order valence-electron chi connectivity index (χ1n) is 8.31. The molecule has 1 aromatic carbocycles. The Morgan fingerprint density at radius 1 is 1.13 bits per heavy atom. The van der Waals surface area contributed by atoms with Crippen LogP contribution in [0.3, 0.4) is 0 Å². The molecule has 0 N–H and O–H groups in total. The van der Waals surface area contributed by atoms with Gasteiger partial charge in [0.1, 0.15) is 5.82 Å². The fraction of sp³-hybridized carbons (Fsp3) is 0.647. The Morgan fingerprint density at radius 2 is 1.70 bits per heavy atom. The van der Waals surface area contributed by atoms with Crippen LogP contribution in [-0.2, 0) is 16.4 Å². The van der Waals surface area contributed by atoms with Crippen LogP contribution in [-0.4, -0.2) is 55.1 Å². The molecule has 1 aromatic rings. The van der Waals surface area contributed by atoms with Gasteiger partial charge in [-0.1, -0.05) is 19.1 Å². The van der Waals surface area contributed by atoms with Crippen LogP contribution in [0.1, 0.15) is 32.8 Å². The van der Waals surface area contributed by atoms with Crippen LogP contribution in [0.5, 0.6) is 0 Å². The van der Waals surface area contributed by atoms with Crippen molar-refractivity contribution < 1.29 is 12.8 Å². The topological polar surface area (TPSA) is 40.6 Å². The van der Waals surface area contributed by atoms with E-state index in [1.165, 1.54) is 12.1 Å². The zero-order chi connectivity index (χ0) is 17.0. The van der Waals surface area contributed by atoms with Crippen molar-refractivity contribution in [2.75, 3.05) is 25.4 Å². The van der Waals surface area contributed by atoms with Crippen LogP contribution in [0, 0.1) is 5.82 Å². The molecule has 0 bridgehead atoms. The highest BCUT2D eigenvalue weighted by atomic mass is 32.2. The van der Waals surface area contributed by atoms with E-state index in [1.54, 1.807) is 4.31 Å². The Balaban J connectivity index is 1.96. The third kappa shape index (κ3) is 4.75. The standard InChI is InChI=1S/C17H27FN2O2S/c1-4-11-23(21,22)19-12-14(2)20(15(3)13-19)10-9-16-5-7-17(18)8-6-16/h5-8,14-15H,4,9-13H2,1-3H3. The molecule has 2 atom stereocenters. The zero-order valence-electron chi connectivity index (χ0n) is 14.2. The highest BCUT2D eigenvalue weighted by molar-refractivity contribution is 7.89. The Bertz CT molecular complexity index is 592. The Hall–Kier alpha value is -0.980. The van der Waals surface area contributed by atoms with Gasteiger partial charge in [-0.15, -0.1) is 0 Å². The number of piperazine rings is 1. The second-order valence-electron chi connectivity index (χ2n) is 6.45. The number of hydrogen-bond acceptors (Lipinski definition) is 3. The van der Waals surface area contributed by atoms with E-state index in [1.807, 2.05) is 19.1 Å². The summed E-state index contributed by atoms with van der Waals surface area (Å²) in [4.78, 5) is 2.35. The molecule has 0 aliphatic carbocycles. The zero-order valence-corrected chi connectivity index (χ0v) is 15.0. The molecule has 0 saturated carbocycles. The monoisotopic (exact) mass is 342 g/mol. The van der Waals surface area contributed by atoms with Gasteiger partial charge in [0.15, 0.2) is 0 Å². The molecule has 23 heavy (non-hydrogen) atoms. The molecule has 2 rings (SSSR count). The van der Waals surface area contributed by atoms with Crippen molar-refractivity contribution in [1.82, 2.24) is 9.21 Å². The molecule has 4 nitrogen and oxygen atoms in total. The van der Waals surface area contributed by atoms with Gasteiger partial charge in [-0.25, -0.2) is 12.8 Å². The molecule has 130 valence electrons. The lowest BCUT2D eigenvalue weighted by atomic mass is 10.1. The Kier molecular flexibility index (Phi) is 6.17. The van der Waals surface area contributed by atoms with Crippen LogP contribution in [0.4, 0.5) is 4.39 Å². The van der Waals surface area contributed by atoms with Gasteiger partial charge in [-0.2, -0.15) is 4.31 Å². The first kappa shape index (κ1) is 18.4. The van der Waals surface area contributed by atoms with Crippen LogP contribution < -0.4 is 0 Å². The summed E-state index contributed by atoms with van der Waals surface area (Å²) in [5.41, 5.74) is 1.10. The number of benzene rings is 1. The van der Waals surface area contributed by atoms with Gasteiger partial charge < -0.3 is 0 Å². The predicted octanol–water partition coefficient (Wildman–Crippen LogP) is 2.50. The lowest BCUT2D eigenvalue weighted by Crippen LogP contribution is -2.58. The molecule has 1 fully saturated rings. The van der Waals surface area contributed by atoms with Crippen LogP contribution >= 0.6 is 0 Å². The van der Waals surface area contributed by atoms with Gasteiger partial charge in [0, 0.05) is 31.7 Å². The number of nitrogens with zero attached hydrogens (tertiary/aromatic N) is 2. The largest absolute Gasteiger partial charge is 0.295 e. The molecule has 2 unspecified atom stereocenters. The summed E-state index contributed by atoms with van der Waals surface area (Å²) in [7, 11) is -3.13. The molecule has 6 heteroatoms. The summed E-state index contributed by atoms with van der Waals surface area (Å²) in [6.07, 6.45) is 1.49. The fourth-order valence-corrected chi connectivity index (χ4v) is 4.93. The minimum Gasteiger partial charge on any atom is -0.295 e. The number of halogens is 1. The Morgan fingerprint density at radius 3 is 2.22 bits per heavy atom. The number of hydrogen-bond donors (Lipinski definition) is 0. The van der Waals surface area contributed by atoms with Gasteiger partial charge >= 0.3 is 0 Å². The average Bonchev–Trinajstić information content (AvgIpc) is 2.48. The van der Waals surface area contributed by atoms with E-state index < -0.39 is 10.0 Å². The average molecular weight is 342 g/mol. The third-order valence-electron chi connectivity index (χ3n) is 4.50. The molecule has 0 aromatic heterocycles. The van der Waals surface area contributed by atoms with Crippen molar-refractivity contribution in [2.24, 2.45) is 0 Å². The fourth-order valence-electron chi connectivity index (χ4n) is 3.27. The van der Waals surface area contributed by atoms with Crippen molar-refractivity contribution >= 4 is 10.0 Å². The van der Waals surface area contributed by atoms with E-state index in [4.69, 9.17) is 0 Å². The normalized spacial score (nSPS) is 24.0. The SMILES string of the molecule is CCCS(=O)(=O)N1CC(C)N(CCc2ccc(F)cc2)C(C)C1. The summed E-state index contributed by atoms with van der Waals surface area (Å²) in [6, 6.07) is 6.96. The first-order chi connectivity index (χ1) is 10.8. The second-order valence-corrected chi connectivity index (χ2v) is 8.53. The summed E-state index contributed by atoms with van der Waals surface area (Å²) >= 11 is 0. The molecule has 0 radical (unpaired) electrons. The molecule has 1 aliphatic heterocycles. The van der Waals surface area contributed by atoms with Crippen molar-refractivity contribution in [2.45, 2.75) is 45.7 Å². The summed E-state index contributed by atoms with van der Waals surface area (Å²) in [6.45, 7) is 8.01. The highest BCUT2D eigenvalue weighted by Gasteiger charge is 2.34. The van der Waals surface area contributed by atoms with Crippen LogP contribution in [0.2, 0.25) is 0 Å². The highest BCUT2D eigenvalue weighted by Crippen LogP contribution is 2.19. The molecular weight excluding hydrogens is 315 g/mol. The molecule has 1 saturated heterocycles. The van der Waals surface area contributed by atoms with E-state index >= 15 is 0 Å². The van der Waals surface area contributed by atoms with Crippen molar-refractivity contribution in [3.63, 3.8) is 0 Å². The summed E-state index contributed by atoms with van der Waals surface area (Å²) in [5, 5.41) is 0. The second kappa shape index (κ2) is 7.73. The van der Waals surface area contributed by atoms with E-state index in [-0.39, 0.29) is 23.7 Å². The van der Waals surface area contributed by atoms with Crippen molar-refractivity contribution in [3.05, 3.63) is 35.6 Å². The van der Waals surface area contributed by atoms with Gasteiger partial charge in [0.05, 0.1) is 5.75 Å². The van der Waals surface area contributed by atoms with Crippen LogP contribution in [0.15, 0.2) is 24.3 Å². The molecule has 1 aliphatic rings. The number of sulfonamides is 1. The minimum atomic E-state index is -3.13. The van der Waals surface area contributed by atoms with Gasteiger partial charge in [-0.05, 0) is 44.4 Å². The van der Waals surface area contributed by atoms with E-state index in [2.05, 4.69) is 18.7 Å². The maximum Gasteiger partial charge on any atom is 0.214 e. The van der Waals surface area contributed by atoms with E-state index in [9.17, 15) is 12.8 Å². The van der Waals surface area contributed by atoms with Gasteiger partial charge in [0.25, 0.3) is 0 Å². The van der Waals surface area contributed by atoms with Crippen LogP contribution in [0.25, 0.3) is 0 Å². The van der Waals surface area contributed by atoms with Crippen molar-refractivity contribution in [1.29, 1.82) is 0 Å². The maximum atomic E-state index is 13.0. The minimum absolute atomic E-state index is 0.186. The predicted molar refractivity (Wildman–Crippen MR) is 91.4 cm³/mol. The van der Waals surface area contributed by atoms with Gasteiger partial charge in [-0.3, -0.25) is 4.90 Å². The summed E-state index contributed by atoms with van der Waals surface area (Å²) in [5.74, 6) is 0.00685. The smallest absolute Gasteiger partial charge is 0.214 e. The summed E-state index contributed by atoms with van der Waals surface area (Å²) < 4.78 is 39.1.